The van der Waals surface area contributed by atoms with Crippen LogP contribution < -0.4 is 4.90 Å². The molecular weight excluding hydrogens is 291 g/mol. The fourth-order valence-electron chi connectivity index (χ4n) is 2.15. The van der Waals surface area contributed by atoms with Gasteiger partial charge in [-0.1, -0.05) is 17.7 Å². The highest BCUT2D eigenvalue weighted by atomic mass is 35.5. The maximum absolute atomic E-state index is 13.3. The number of aromatic nitrogens is 1. The maximum Gasteiger partial charge on any atom is 0.139 e. The molecule has 2 aromatic carbocycles. The Morgan fingerprint density at radius 2 is 1.81 bits per heavy atom. The molecule has 0 radical (unpaired) electrons. The van der Waals surface area contributed by atoms with Gasteiger partial charge in [0.15, 0.2) is 0 Å². The monoisotopic (exact) mass is 302 g/mol. The first-order valence-electron chi connectivity index (χ1n) is 6.33. The van der Waals surface area contributed by atoms with Crippen molar-refractivity contribution in [1.29, 1.82) is 0 Å². The highest BCUT2D eigenvalue weighted by Crippen LogP contribution is 2.30. The zero-order valence-electron chi connectivity index (χ0n) is 11.2. The molecule has 0 saturated carbocycles. The number of nitrogens with zero attached hydrogens (tertiary/aromatic N) is 2. The van der Waals surface area contributed by atoms with Gasteiger partial charge in [0.1, 0.15) is 22.5 Å². The van der Waals surface area contributed by atoms with E-state index in [1.165, 1.54) is 12.1 Å². The van der Waals surface area contributed by atoms with E-state index in [-0.39, 0.29) is 16.7 Å². The Kier molecular flexibility index (Phi) is 3.39. The molecular formula is C16H12ClFN2O. The predicted molar refractivity (Wildman–Crippen MR) is 82.9 cm³/mol. The van der Waals surface area contributed by atoms with Crippen molar-refractivity contribution in [2.45, 2.75) is 0 Å². The number of halogens is 2. The maximum atomic E-state index is 13.3. The van der Waals surface area contributed by atoms with Crippen LogP contribution in [0.25, 0.3) is 10.8 Å². The molecule has 1 N–H and O–H groups in total. The summed E-state index contributed by atoms with van der Waals surface area (Å²) in [5.74, 6) is 0.503. The van der Waals surface area contributed by atoms with Crippen molar-refractivity contribution in [2.75, 3.05) is 11.9 Å². The third-order valence-electron chi connectivity index (χ3n) is 3.32. The van der Waals surface area contributed by atoms with Crippen LogP contribution in [0.1, 0.15) is 0 Å². The first-order chi connectivity index (χ1) is 10.0. The molecule has 1 aromatic heterocycles. The molecule has 5 heteroatoms. The van der Waals surface area contributed by atoms with Crippen LogP contribution in [0.3, 0.4) is 0 Å². The third kappa shape index (κ3) is 2.62. The van der Waals surface area contributed by atoms with Crippen molar-refractivity contribution in [1.82, 2.24) is 4.98 Å². The van der Waals surface area contributed by atoms with Crippen LogP contribution >= 0.6 is 11.6 Å². The lowest BCUT2D eigenvalue weighted by atomic mass is 10.1. The van der Waals surface area contributed by atoms with Crippen LogP contribution in [0.2, 0.25) is 5.15 Å². The fourth-order valence-corrected chi connectivity index (χ4v) is 2.40. The van der Waals surface area contributed by atoms with E-state index in [1.807, 2.05) is 18.0 Å². The number of pyridine rings is 1. The first-order valence-corrected chi connectivity index (χ1v) is 6.71. The SMILES string of the molecule is CN(c1ccc(O)cc1)c1cc2ccc(F)cc2c(Cl)n1. The second-order valence-corrected chi connectivity index (χ2v) is 5.07. The molecule has 0 aliphatic carbocycles. The van der Waals surface area contributed by atoms with Crippen molar-refractivity contribution >= 4 is 33.9 Å². The van der Waals surface area contributed by atoms with Gasteiger partial charge >= 0.3 is 0 Å². The van der Waals surface area contributed by atoms with Gasteiger partial charge in [0, 0.05) is 18.1 Å². The Balaban J connectivity index is 2.08. The zero-order chi connectivity index (χ0) is 15.0. The molecule has 0 aliphatic rings. The average molecular weight is 303 g/mol. The summed E-state index contributed by atoms with van der Waals surface area (Å²) in [5.41, 5.74) is 0.859. The van der Waals surface area contributed by atoms with E-state index >= 15 is 0 Å². The second kappa shape index (κ2) is 5.22. The van der Waals surface area contributed by atoms with Gasteiger partial charge in [-0.05, 0) is 47.9 Å². The Labute approximate surface area is 126 Å². The van der Waals surface area contributed by atoms with E-state index in [1.54, 1.807) is 30.3 Å². The molecule has 0 bridgehead atoms. The van der Waals surface area contributed by atoms with E-state index in [4.69, 9.17) is 11.6 Å². The minimum atomic E-state index is -0.342. The molecule has 3 nitrogen and oxygen atoms in total. The number of hydrogen-bond donors (Lipinski definition) is 1. The molecule has 0 spiro atoms. The molecule has 1 heterocycles. The number of phenolic OH excluding ortho intramolecular Hbond substituents is 1. The Morgan fingerprint density at radius 3 is 2.52 bits per heavy atom. The second-order valence-electron chi connectivity index (χ2n) is 4.71. The minimum absolute atomic E-state index is 0.201. The lowest BCUT2D eigenvalue weighted by molar-refractivity contribution is 0.475. The number of phenols is 1. The van der Waals surface area contributed by atoms with Crippen LogP contribution in [-0.2, 0) is 0 Å². The molecule has 0 aliphatic heterocycles. The molecule has 106 valence electrons. The van der Waals surface area contributed by atoms with E-state index in [0.717, 1.165) is 11.1 Å². The summed E-state index contributed by atoms with van der Waals surface area (Å²) >= 11 is 6.15. The Hall–Kier alpha value is -2.33. The van der Waals surface area contributed by atoms with Gasteiger partial charge in [0.25, 0.3) is 0 Å². The van der Waals surface area contributed by atoms with Gasteiger partial charge in [0.2, 0.25) is 0 Å². The fraction of sp³-hybridized carbons (Fsp3) is 0.0625. The van der Waals surface area contributed by atoms with Gasteiger partial charge in [-0.25, -0.2) is 9.37 Å². The molecule has 0 atom stereocenters. The summed E-state index contributed by atoms with van der Waals surface area (Å²) in [6.07, 6.45) is 0. The molecule has 0 amide bonds. The lowest BCUT2D eigenvalue weighted by Gasteiger charge is -2.19. The van der Waals surface area contributed by atoms with Crippen molar-refractivity contribution in [3.05, 3.63) is 59.5 Å². The van der Waals surface area contributed by atoms with Crippen molar-refractivity contribution in [2.24, 2.45) is 0 Å². The van der Waals surface area contributed by atoms with Gasteiger partial charge in [-0.15, -0.1) is 0 Å². The molecule has 3 aromatic rings. The van der Waals surface area contributed by atoms with Gasteiger partial charge in [-0.2, -0.15) is 0 Å². The molecule has 3 rings (SSSR count). The van der Waals surface area contributed by atoms with E-state index in [0.29, 0.717) is 11.2 Å². The summed E-state index contributed by atoms with van der Waals surface area (Å²) in [5, 5.41) is 11.0. The minimum Gasteiger partial charge on any atom is -0.508 e. The zero-order valence-corrected chi connectivity index (χ0v) is 12.0. The summed E-state index contributed by atoms with van der Waals surface area (Å²) < 4.78 is 13.3. The number of benzene rings is 2. The molecule has 21 heavy (non-hydrogen) atoms. The largest absolute Gasteiger partial charge is 0.508 e. The van der Waals surface area contributed by atoms with Crippen LogP contribution in [-0.4, -0.2) is 17.1 Å². The Morgan fingerprint density at radius 1 is 1.10 bits per heavy atom. The molecule has 0 fully saturated rings. The topological polar surface area (TPSA) is 36.4 Å². The normalized spacial score (nSPS) is 10.8. The van der Waals surface area contributed by atoms with Crippen LogP contribution in [0, 0.1) is 5.82 Å². The lowest BCUT2D eigenvalue weighted by Crippen LogP contribution is -2.11. The van der Waals surface area contributed by atoms with E-state index < -0.39 is 0 Å². The van der Waals surface area contributed by atoms with Crippen molar-refractivity contribution < 1.29 is 9.50 Å². The van der Waals surface area contributed by atoms with E-state index in [9.17, 15) is 9.50 Å². The highest BCUT2D eigenvalue weighted by molar-refractivity contribution is 6.34. The standard InChI is InChI=1S/C16H12ClFN2O/c1-20(12-4-6-13(21)7-5-12)15-8-10-2-3-11(18)9-14(10)16(17)19-15/h2-9,21H,1H3. The van der Waals surface area contributed by atoms with E-state index in [2.05, 4.69) is 4.98 Å². The van der Waals surface area contributed by atoms with Crippen LogP contribution in [0.5, 0.6) is 5.75 Å². The number of aromatic hydroxyl groups is 1. The molecule has 0 unspecified atom stereocenters. The van der Waals surface area contributed by atoms with Crippen molar-refractivity contribution in [3.63, 3.8) is 0 Å². The van der Waals surface area contributed by atoms with Gasteiger partial charge < -0.3 is 10.0 Å². The van der Waals surface area contributed by atoms with Gasteiger partial charge in [-0.3, -0.25) is 0 Å². The predicted octanol–water partition coefficient (Wildman–Crippen LogP) is 4.50. The summed E-state index contributed by atoms with van der Waals surface area (Å²) in [6, 6.07) is 13.0. The number of hydrogen-bond acceptors (Lipinski definition) is 3. The quantitative estimate of drug-likeness (QED) is 0.708. The summed E-state index contributed by atoms with van der Waals surface area (Å²) in [7, 11) is 1.85. The highest BCUT2D eigenvalue weighted by Gasteiger charge is 2.10. The van der Waals surface area contributed by atoms with Crippen LogP contribution in [0.4, 0.5) is 15.9 Å². The van der Waals surface area contributed by atoms with Crippen LogP contribution in [0.15, 0.2) is 48.5 Å². The summed E-state index contributed by atoms with van der Waals surface area (Å²) in [4.78, 5) is 6.14. The third-order valence-corrected chi connectivity index (χ3v) is 3.60. The average Bonchev–Trinajstić information content (AvgIpc) is 2.48. The smallest absolute Gasteiger partial charge is 0.139 e. The number of anilines is 2. The number of rotatable bonds is 2. The van der Waals surface area contributed by atoms with Gasteiger partial charge in [0.05, 0.1) is 0 Å². The number of fused-ring (bicyclic) bond motifs is 1. The summed E-state index contributed by atoms with van der Waals surface area (Å²) in [6.45, 7) is 0. The van der Waals surface area contributed by atoms with Crippen molar-refractivity contribution in [3.8, 4) is 5.75 Å². The first kappa shape index (κ1) is 13.6. The Bertz CT molecular complexity index is 805. The molecule has 0 saturated heterocycles.